The van der Waals surface area contributed by atoms with Crippen molar-refractivity contribution >= 4 is 5.91 Å². The molecule has 0 aromatic carbocycles. The zero-order valence-corrected chi connectivity index (χ0v) is 13.0. The van der Waals surface area contributed by atoms with Crippen molar-refractivity contribution in [1.82, 2.24) is 10.6 Å². The first-order chi connectivity index (χ1) is 9.15. The van der Waals surface area contributed by atoms with Crippen molar-refractivity contribution in [3.8, 4) is 0 Å². The highest BCUT2D eigenvalue weighted by Gasteiger charge is 2.22. The molecule has 2 N–H and O–H groups in total. The molecule has 1 aliphatic carbocycles. The third-order valence-corrected chi connectivity index (χ3v) is 4.34. The Bertz CT molecular complexity index is 247. The van der Waals surface area contributed by atoms with Gasteiger partial charge in [0.15, 0.2) is 0 Å². The number of nitrogens with one attached hydrogen (secondary N) is 2. The molecule has 1 unspecified atom stereocenters. The van der Waals surface area contributed by atoms with Crippen LogP contribution >= 0.6 is 0 Å². The van der Waals surface area contributed by atoms with Gasteiger partial charge in [0.1, 0.15) is 0 Å². The smallest absolute Gasteiger partial charge is 0.236 e. The van der Waals surface area contributed by atoms with E-state index in [0.717, 1.165) is 25.3 Å². The molecule has 0 aliphatic heterocycles. The Labute approximate surface area is 118 Å². The van der Waals surface area contributed by atoms with E-state index in [1.54, 1.807) is 0 Å². The third kappa shape index (κ3) is 6.42. The molecule has 1 aliphatic rings. The van der Waals surface area contributed by atoms with Gasteiger partial charge in [0, 0.05) is 12.6 Å². The highest BCUT2D eigenvalue weighted by Crippen LogP contribution is 2.25. The summed E-state index contributed by atoms with van der Waals surface area (Å²) in [6.45, 7) is 7.17. The molecule has 1 amide bonds. The molecule has 0 spiro atoms. The van der Waals surface area contributed by atoms with Gasteiger partial charge in [-0.15, -0.1) is 0 Å². The maximum Gasteiger partial charge on any atom is 0.236 e. The Hall–Kier alpha value is -0.570. The van der Waals surface area contributed by atoms with Gasteiger partial charge < -0.3 is 10.6 Å². The van der Waals surface area contributed by atoms with Crippen molar-refractivity contribution in [1.29, 1.82) is 0 Å². The Kier molecular flexibility index (Phi) is 8.11. The normalized spacial score (nSPS) is 20.6. The fourth-order valence-electron chi connectivity index (χ4n) is 2.96. The minimum atomic E-state index is -0.0740. The summed E-state index contributed by atoms with van der Waals surface area (Å²) in [6, 6.07) is 0.375. The monoisotopic (exact) mass is 268 g/mol. The van der Waals surface area contributed by atoms with Gasteiger partial charge in [0.05, 0.1) is 6.04 Å². The Balaban J connectivity index is 2.28. The van der Waals surface area contributed by atoms with E-state index in [2.05, 4.69) is 24.5 Å². The Morgan fingerprint density at radius 3 is 2.37 bits per heavy atom. The first-order valence-electron chi connectivity index (χ1n) is 8.19. The molecule has 0 saturated heterocycles. The highest BCUT2D eigenvalue weighted by molar-refractivity contribution is 5.81. The third-order valence-electron chi connectivity index (χ3n) is 4.34. The molecular formula is C16H32N2O. The number of amides is 1. The second kappa shape index (κ2) is 9.35. The minimum Gasteiger partial charge on any atom is -0.355 e. The number of carbonyl (C=O) groups is 1. The Morgan fingerprint density at radius 1 is 1.16 bits per heavy atom. The van der Waals surface area contributed by atoms with E-state index in [9.17, 15) is 4.79 Å². The quantitative estimate of drug-likeness (QED) is 0.550. The predicted octanol–water partition coefficient (Wildman–Crippen LogP) is 3.24. The van der Waals surface area contributed by atoms with E-state index < -0.39 is 0 Å². The van der Waals surface area contributed by atoms with Crippen LogP contribution in [0, 0.1) is 5.92 Å². The maximum absolute atomic E-state index is 11.9. The van der Waals surface area contributed by atoms with Crippen molar-refractivity contribution < 1.29 is 4.79 Å². The molecule has 1 fully saturated rings. The van der Waals surface area contributed by atoms with Crippen LogP contribution in [0.5, 0.6) is 0 Å². The van der Waals surface area contributed by atoms with Crippen LogP contribution in [0.4, 0.5) is 0 Å². The van der Waals surface area contributed by atoms with E-state index in [-0.39, 0.29) is 11.9 Å². The summed E-state index contributed by atoms with van der Waals surface area (Å²) in [4.78, 5) is 11.9. The molecule has 1 rings (SSSR count). The van der Waals surface area contributed by atoms with Crippen molar-refractivity contribution in [3.05, 3.63) is 0 Å². The maximum atomic E-state index is 11.9. The van der Waals surface area contributed by atoms with Crippen molar-refractivity contribution in [2.24, 2.45) is 5.92 Å². The summed E-state index contributed by atoms with van der Waals surface area (Å²) in [5.74, 6) is 0.891. The largest absolute Gasteiger partial charge is 0.355 e. The predicted molar refractivity (Wildman–Crippen MR) is 81.2 cm³/mol. The summed E-state index contributed by atoms with van der Waals surface area (Å²) in [6.07, 6.45) is 10.3. The molecule has 3 heteroatoms. The highest BCUT2D eigenvalue weighted by atomic mass is 16.2. The van der Waals surface area contributed by atoms with Crippen LogP contribution < -0.4 is 10.6 Å². The summed E-state index contributed by atoms with van der Waals surface area (Å²) in [5.41, 5.74) is 0. The second-order valence-electron chi connectivity index (χ2n) is 6.07. The van der Waals surface area contributed by atoms with Gasteiger partial charge in [0.2, 0.25) is 5.91 Å². The molecular weight excluding hydrogens is 236 g/mol. The lowest BCUT2D eigenvalue weighted by molar-refractivity contribution is -0.123. The molecule has 112 valence electrons. The number of carbonyl (C=O) groups excluding carboxylic acids is 1. The summed E-state index contributed by atoms with van der Waals surface area (Å²) >= 11 is 0. The topological polar surface area (TPSA) is 41.1 Å². The lowest BCUT2D eigenvalue weighted by Gasteiger charge is -2.26. The molecule has 0 heterocycles. The standard InChI is InChI=1S/C16H32N2O/c1-4-5-12-17-16(19)14(3)18-13(2)15-10-8-6-7-9-11-15/h13-15,18H,4-12H2,1-3H3,(H,17,19)/t13-,14?/m0/s1. The van der Waals surface area contributed by atoms with Gasteiger partial charge in [-0.25, -0.2) is 0 Å². The average molecular weight is 268 g/mol. The van der Waals surface area contributed by atoms with Crippen molar-refractivity contribution in [3.63, 3.8) is 0 Å². The SMILES string of the molecule is CCCCNC(=O)C(C)N[C@@H](C)C1CCCCCC1. The zero-order chi connectivity index (χ0) is 14.1. The van der Waals surface area contributed by atoms with Crippen LogP contribution in [0.3, 0.4) is 0 Å². The molecule has 1 saturated carbocycles. The van der Waals surface area contributed by atoms with Crippen LogP contribution in [0.15, 0.2) is 0 Å². The molecule has 2 atom stereocenters. The van der Waals surface area contributed by atoms with Gasteiger partial charge in [-0.2, -0.15) is 0 Å². The minimum absolute atomic E-state index is 0.0740. The summed E-state index contributed by atoms with van der Waals surface area (Å²) in [5, 5.41) is 6.49. The molecule has 0 radical (unpaired) electrons. The fourth-order valence-corrected chi connectivity index (χ4v) is 2.96. The fraction of sp³-hybridized carbons (Fsp3) is 0.938. The molecule has 0 aromatic rings. The number of hydrogen-bond acceptors (Lipinski definition) is 2. The van der Waals surface area contributed by atoms with Gasteiger partial charge in [-0.3, -0.25) is 4.79 Å². The van der Waals surface area contributed by atoms with Crippen LogP contribution in [0.2, 0.25) is 0 Å². The van der Waals surface area contributed by atoms with Gasteiger partial charge in [-0.05, 0) is 39.0 Å². The van der Waals surface area contributed by atoms with Gasteiger partial charge in [0.25, 0.3) is 0 Å². The molecule has 19 heavy (non-hydrogen) atoms. The van der Waals surface area contributed by atoms with Gasteiger partial charge in [-0.1, -0.05) is 39.0 Å². The number of rotatable bonds is 7. The van der Waals surface area contributed by atoms with E-state index in [1.807, 2.05) is 6.92 Å². The van der Waals surface area contributed by atoms with Crippen LogP contribution in [-0.4, -0.2) is 24.5 Å². The first-order valence-corrected chi connectivity index (χ1v) is 8.19. The van der Waals surface area contributed by atoms with E-state index in [1.165, 1.54) is 38.5 Å². The van der Waals surface area contributed by atoms with Gasteiger partial charge >= 0.3 is 0 Å². The lowest BCUT2D eigenvalue weighted by atomic mass is 9.92. The van der Waals surface area contributed by atoms with Crippen LogP contribution in [0.25, 0.3) is 0 Å². The molecule has 3 nitrogen and oxygen atoms in total. The van der Waals surface area contributed by atoms with Crippen molar-refractivity contribution in [2.75, 3.05) is 6.54 Å². The van der Waals surface area contributed by atoms with E-state index in [4.69, 9.17) is 0 Å². The van der Waals surface area contributed by atoms with E-state index >= 15 is 0 Å². The molecule has 0 aromatic heterocycles. The number of unbranched alkanes of at least 4 members (excludes halogenated alkanes) is 1. The van der Waals surface area contributed by atoms with E-state index in [0.29, 0.717) is 6.04 Å². The van der Waals surface area contributed by atoms with Crippen LogP contribution in [-0.2, 0) is 4.79 Å². The molecule has 0 bridgehead atoms. The lowest BCUT2D eigenvalue weighted by Crippen LogP contribution is -2.48. The zero-order valence-electron chi connectivity index (χ0n) is 13.0. The van der Waals surface area contributed by atoms with Crippen LogP contribution in [0.1, 0.15) is 72.1 Å². The van der Waals surface area contributed by atoms with Crippen molar-refractivity contribution in [2.45, 2.75) is 84.2 Å². The number of hydrogen-bond donors (Lipinski definition) is 2. The Morgan fingerprint density at radius 2 is 1.79 bits per heavy atom. The summed E-state index contributed by atoms with van der Waals surface area (Å²) < 4.78 is 0. The summed E-state index contributed by atoms with van der Waals surface area (Å²) in [7, 11) is 0. The first kappa shape index (κ1) is 16.5. The average Bonchev–Trinajstić information content (AvgIpc) is 2.67. The second-order valence-corrected chi connectivity index (χ2v) is 6.07.